The number of carbonyl (C=O) groups is 1. The lowest BCUT2D eigenvalue weighted by molar-refractivity contribution is -0.125. The second kappa shape index (κ2) is 6.18. The Kier molecular flexibility index (Phi) is 4.29. The van der Waals surface area contributed by atoms with Crippen molar-refractivity contribution in [3.8, 4) is 0 Å². The van der Waals surface area contributed by atoms with Gasteiger partial charge in [0, 0.05) is 18.3 Å². The van der Waals surface area contributed by atoms with E-state index in [1.807, 2.05) is 17.9 Å². The average Bonchev–Trinajstić information content (AvgIpc) is 2.90. The lowest BCUT2D eigenvalue weighted by Gasteiger charge is -2.31. The molecule has 1 saturated heterocycles. The summed E-state index contributed by atoms with van der Waals surface area (Å²) in [6.45, 7) is 3.17. The smallest absolute Gasteiger partial charge is 0.237 e. The highest BCUT2D eigenvalue weighted by Crippen LogP contribution is 2.29. The van der Waals surface area contributed by atoms with Gasteiger partial charge in [0.05, 0.1) is 18.3 Å². The molecule has 1 fully saturated rings. The number of aryl methyl sites for hydroxylation is 1. The highest BCUT2D eigenvalue weighted by Gasteiger charge is 2.30. The summed E-state index contributed by atoms with van der Waals surface area (Å²) < 4.78 is 1.94. The van der Waals surface area contributed by atoms with Gasteiger partial charge >= 0.3 is 0 Å². The van der Waals surface area contributed by atoms with Crippen molar-refractivity contribution in [1.29, 1.82) is 0 Å². The summed E-state index contributed by atoms with van der Waals surface area (Å²) in [5, 5.41) is 11.0. The number of carbonyl (C=O) groups excluding carboxylic acids is 1. The number of rotatable bonds is 3. The van der Waals surface area contributed by atoms with Crippen molar-refractivity contribution in [2.75, 3.05) is 6.54 Å². The molecular formula is C16H26N4O. The molecule has 1 aliphatic carbocycles. The molecule has 0 radical (unpaired) electrons. The van der Waals surface area contributed by atoms with E-state index >= 15 is 0 Å². The van der Waals surface area contributed by atoms with Gasteiger partial charge in [-0.15, -0.1) is 0 Å². The normalized spacial score (nSPS) is 29.0. The van der Waals surface area contributed by atoms with Crippen LogP contribution in [0, 0.1) is 5.92 Å². The Morgan fingerprint density at radius 1 is 1.52 bits per heavy atom. The molecule has 0 aromatic carbocycles. The third kappa shape index (κ3) is 2.98. The zero-order valence-corrected chi connectivity index (χ0v) is 13.1. The molecule has 5 heteroatoms. The lowest BCUT2D eigenvalue weighted by atomic mass is 9.89. The number of fused-ring (bicyclic) bond motifs is 1. The van der Waals surface area contributed by atoms with E-state index in [0.29, 0.717) is 5.92 Å². The summed E-state index contributed by atoms with van der Waals surface area (Å²) >= 11 is 0. The highest BCUT2D eigenvalue weighted by molar-refractivity contribution is 5.82. The van der Waals surface area contributed by atoms with Crippen molar-refractivity contribution in [2.45, 2.75) is 57.5 Å². The summed E-state index contributed by atoms with van der Waals surface area (Å²) in [4.78, 5) is 12.5. The van der Waals surface area contributed by atoms with Gasteiger partial charge in [-0.1, -0.05) is 13.3 Å². The van der Waals surface area contributed by atoms with Gasteiger partial charge in [-0.2, -0.15) is 5.10 Å². The molecule has 2 aliphatic rings. The first-order valence-electron chi connectivity index (χ1n) is 8.23. The summed E-state index contributed by atoms with van der Waals surface area (Å²) in [5.74, 6) is 0.845. The van der Waals surface area contributed by atoms with Crippen LogP contribution in [0.15, 0.2) is 6.20 Å². The predicted molar refractivity (Wildman–Crippen MR) is 81.8 cm³/mol. The number of nitrogens with one attached hydrogen (secondary N) is 2. The van der Waals surface area contributed by atoms with E-state index in [4.69, 9.17) is 0 Å². The van der Waals surface area contributed by atoms with Gasteiger partial charge in [0.2, 0.25) is 5.91 Å². The topological polar surface area (TPSA) is 59.0 Å². The van der Waals surface area contributed by atoms with Crippen LogP contribution in [0.5, 0.6) is 0 Å². The minimum absolute atomic E-state index is 0.0225. The Morgan fingerprint density at radius 2 is 2.38 bits per heavy atom. The third-order valence-corrected chi connectivity index (χ3v) is 5.10. The van der Waals surface area contributed by atoms with Crippen LogP contribution in [0.3, 0.4) is 0 Å². The van der Waals surface area contributed by atoms with Gasteiger partial charge < -0.3 is 10.6 Å². The van der Waals surface area contributed by atoms with Crippen LogP contribution in [0.25, 0.3) is 0 Å². The Labute approximate surface area is 126 Å². The van der Waals surface area contributed by atoms with Gasteiger partial charge in [0.25, 0.3) is 0 Å². The number of aromatic nitrogens is 2. The van der Waals surface area contributed by atoms with Crippen LogP contribution in [0.1, 0.15) is 56.3 Å². The van der Waals surface area contributed by atoms with Crippen LogP contribution in [0.4, 0.5) is 0 Å². The van der Waals surface area contributed by atoms with Crippen molar-refractivity contribution in [3.63, 3.8) is 0 Å². The molecule has 5 nitrogen and oxygen atoms in total. The van der Waals surface area contributed by atoms with Crippen LogP contribution < -0.4 is 10.6 Å². The minimum Gasteiger partial charge on any atom is -0.348 e. The molecule has 2 heterocycles. The molecule has 1 aromatic rings. The molecular weight excluding hydrogens is 264 g/mol. The number of hydrogen-bond acceptors (Lipinski definition) is 3. The Morgan fingerprint density at radius 3 is 3.19 bits per heavy atom. The second-order valence-electron chi connectivity index (χ2n) is 6.43. The van der Waals surface area contributed by atoms with E-state index in [1.165, 1.54) is 24.1 Å². The zero-order valence-electron chi connectivity index (χ0n) is 13.1. The van der Waals surface area contributed by atoms with Crippen molar-refractivity contribution in [1.82, 2.24) is 20.4 Å². The maximum absolute atomic E-state index is 12.5. The second-order valence-corrected chi connectivity index (χ2v) is 6.43. The van der Waals surface area contributed by atoms with Crippen molar-refractivity contribution < 1.29 is 4.79 Å². The van der Waals surface area contributed by atoms with Gasteiger partial charge in [-0.3, -0.25) is 9.48 Å². The summed E-state index contributed by atoms with van der Waals surface area (Å²) in [5.41, 5.74) is 2.48. The van der Waals surface area contributed by atoms with E-state index in [0.717, 1.165) is 32.2 Å². The number of piperidine rings is 1. The fraction of sp³-hybridized carbons (Fsp3) is 0.750. The third-order valence-electron chi connectivity index (χ3n) is 5.10. The molecule has 3 unspecified atom stereocenters. The van der Waals surface area contributed by atoms with E-state index in [1.54, 1.807) is 0 Å². The van der Waals surface area contributed by atoms with Crippen molar-refractivity contribution in [2.24, 2.45) is 13.0 Å². The first-order valence-corrected chi connectivity index (χ1v) is 8.23. The summed E-state index contributed by atoms with van der Waals surface area (Å²) in [6.07, 6.45) is 8.45. The van der Waals surface area contributed by atoms with Gasteiger partial charge in [-0.25, -0.2) is 0 Å². The fourth-order valence-electron chi connectivity index (χ4n) is 3.70. The number of hydrogen-bond donors (Lipinski definition) is 2. The predicted octanol–water partition coefficient (Wildman–Crippen LogP) is 1.69. The van der Waals surface area contributed by atoms with Crippen molar-refractivity contribution in [3.05, 3.63) is 17.5 Å². The Balaban J connectivity index is 1.65. The van der Waals surface area contributed by atoms with Gasteiger partial charge in [-0.05, 0) is 44.6 Å². The molecule has 116 valence electrons. The van der Waals surface area contributed by atoms with Crippen molar-refractivity contribution >= 4 is 5.91 Å². The van der Waals surface area contributed by atoms with Gasteiger partial charge in [0.1, 0.15) is 0 Å². The SMILES string of the molecule is CCC1CCNC(C(=O)NC2CCCc3c2cnn3C)C1. The first-order chi connectivity index (χ1) is 10.2. The molecule has 21 heavy (non-hydrogen) atoms. The maximum Gasteiger partial charge on any atom is 0.237 e. The molecule has 0 spiro atoms. The molecule has 3 rings (SSSR count). The Hall–Kier alpha value is -1.36. The van der Waals surface area contributed by atoms with E-state index in [2.05, 4.69) is 22.7 Å². The minimum atomic E-state index is -0.0225. The largest absolute Gasteiger partial charge is 0.348 e. The first kappa shape index (κ1) is 14.6. The van der Waals surface area contributed by atoms with Gasteiger partial charge in [0.15, 0.2) is 0 Å². The standard InChI is InChI=1S/C16H26N4O/c1-3-11-7-8-17-14(9-11)16(21)19-13-5-4-6-15-12(13)10-18-20(15)2/h10-11,13-14,17H,3-9H2,1-2H3,(H,19,21). The summed E-state index contributed by atoms with van der Waals surface area (Å²) in [6, 6.07) is 0.115. The van der Waals surface area contributed by atoms with Crippen LogP contribution in [-0.2, 0) is 18.3 Å². The highest BCUT2D eigenvalue weighted by atomic mass is 16.2. The molecule has 1 aliphatic heterocycles. The Bertz CT molecular complexity index is 510. The lowest BCUT2D eigenvalue weighted by Crippen LogP contribution is -2.49. The molecule has 0 bridgehead atoms. The quantitative estimate of drug-likeness (QED) is 0.890. The molecule has 2 N–H and O–H groups in total. The van der Waals surface area contributed by atoms with Crippen LogP contribution in [0.2, 0.25) is 0 Å². The average molecular weight is 290 g/mol. The fourth-order valence-corrected chi connectivity index (χ4v) is 3.70. The van der Waals surface area contributed by atoms with Crippen LogP contribution >= 0.6 is 0 Å². The number of nitrogens with zero attached hydrogens (tertiary/aromatic N) is 2. The molecule has 1 aromatic heterocycles. The maximum atomic E-state index is 12.5. The molecule has 3 atom stereocenters. The van der Waals surface area contributed by atoms with E-state index in [-0.39, 0.29) is 18.0 Å². The molecule has 1 amide bonds. The van der Waals surface area contributed by atoms with E-state index < -0.39 is 0 Å². The van der Waals surface area contributed by atoms with Crippen LogP contribution in [-0.4, -0.2) is 28.3 Å². The monoisotopic (exact) mass is 290 g/mol. The zero-order chi connectivity index (χ0) is 14.8. The summed E-state index contributed by atoms with van der Waals surface area (Å²) in [7, 11) is 1.98. The van der Waals surface area contributed by atoms with E-state index in [9.17, 15) is 4.79 Å². The molecule has 0 saturated carbocycles. The number of amides is 1.